The molecule has 0 saturated carbocycles. The molecule has 1 saturated heterocycles. The number of halogens is 1. The molecule has 0 aliphatic carbocycles. The van der Waals surface area contributed by atoms with Gasteiger partial charge in [0, 0.05) is 24.4 Å². The largest absolute Gasteiger partial charge is 0.497 e. The summed E-state index contributed by atoms with van der Waals surface area (Å²) in [5, 5.41) is 0. The molecule has 32 heavy (non-hydrogen) atoms. The van der Waals surface area contributed by atoms with Gasteiger partial charge in [-0.3, -0.25) is 9.69 Å². The number of ether oxygens (including phenoxy) is 3. The Kier molecular flexibility index (Phi) is 8.42. The van der Waals surface area contributed by atoms with E-state index in [1.807, 2.05) is 48.5 Å². The molecule has 1 amide bonds. The topological polar surface area (TPSA) is 51.2 Å². The predicted molar refractivity (Wildman–Crippen MR) is 129 cm³/mol. The molecule has 0 bridgehead atoms. The number of likely N-dealkylation sites (tertiary alicyclic amines) is 1. The number of rotatable bonds is 8. The highest BCUT2D eigenvalue weighted by atomic mass is 35.5. The van der Waals surface area contributed by atoms with Crippen molar-refractivity contribution in [1.29, 1.82) is 0 Å². The minimum atomic E-state index is -0.0189. The van der Waals surface area contributed by atoms with Crippen molar-refractivity contribution in [2.75, 3.05) is 51.9 Å². The van der Waals surface area contributed by atoms with Crippen molar-refractivity contribution in [3.05, 3.63) is 54.1 Å². The lowest BCUT2D eigenvalue weighted by atomic mass is 10.1. The number of carbonyl (C=O) groups excluding carboxylic acids is 1. The van der Waals surface area contributed by atoms with E-state index < -0.39 is 0 Å². The fourth-order valence-corrected chi connectivity index (χ4v) is 4.15. The molecular formula is C25H31ClN2O4. The Morgan fingerprint density at radius 3 is 2.34 bits per heavy atom. The molecule has 2 aliphatic heterocycles. The number of piperidine rings is 1. The van der Waals surface area contributed by atoms with E-state index in [0.717, 1.165) is 36.6 Å². The van der Waals surface area contributed by atoms with Gasteiger partial charge in [0.15, 0.2) is 11.5 Å². The van der Waals surface area contributed by atoms with Crippen molar-refractivity contribution in [2.24, 2.45) is 0 Å². The maximum absolute atomic E-state index is 13.1. The van der Waals surface area contributed by atoms with Crippen molar-refractivity contribution in [3.8, 4) is 17.2 Å². The van der Waals surface area contributed by atoms with Gasteiger partial charge in [-0.1, -0.05) is 18.6 Å². The zero-order valence-corrected chi connectivity index (χ0v) is 19.5. The van der Waals surface area contributed by atoms with Crippen molar-refractivity contribution in [2.45, 2.75) is 19.3 Å². The van der Waals surface area contributed by atoms with Gasteiger partial charge >= 0.3 is 0 Å². The summed E-state index contributed by atoms with van der Waals surface area (Å²) in [5.74, 6) is 2.11. The van der Waals surface area contributed by atoms with Crippen LogP contribution in [0.3, 0.4) is 0 Å². The number of nitrogens with zero attached hydrogens (tertiary/aromatic N) is 2. The molecule has 0 spiro atoms. The smallest absolute Gasteiger partial charge is 0.258 e. The van der Waals surface area contributed by atoms with E-state index in [1.54, 1.807) is 19.1 Å². The maximum atomic E-state index is 13.1. The third-order valence-corrected chi connectivity index (χ3v) is 5.93. The Hall–Kier alpha value is -2.70. The van der Waals surface area contributed by atoms with Gasteiger partial charge in [-0.2, -0.15) is 0 Å². The van der Waals surface area contributed by atoms with Crippen molar-refractivity contribution < 1.29 is 19.0 Å². The SMILES string of the molecule is COc1ccc(N2CC=C(c3ccc(OC)c(OCCN4CCCCC4)c3)C2=O)cc1.Cl. The van der Waals surface area contributed by atoms with E-state index in [1.165, 1.54) is 19.3 Å². The predicted octanol–water partition coefficient (Wildman–Crippen LogP) is 4.42. The average Bonchev–Trinajstić information content (AvgIpc) is 3.21. The van der Waals surface area contributed by atoms with Gasteiger partial charge in [0.25, 0.3) is 5.91 Å². The zero-order valence-electron chi connectivity index (χ0n) is 18.7. The third kappa shape index (κ3) is 5.37. The van der Waals surface area contributed by atoms with E-state index >= 15 is 0 Å². The number of carbonyl (C=O) groups is 1. The van der Waals surface area contributed by atoms with E-state index in [-0.39, 0.29) is 18.3 Å². The monoisotopic (exact) mass is 458 g/mol. The van der Waals surface area contributed by atoms with E-state index in [0.29, 0.717) is 30.2 Å². The number of amides is 1. The van der Waals surface area contributed by atoms with Crippen LogP contribution in [0.1, 0.15) is 24.8 Å². The first kappa shape index (κ1) is 24.0. The molecule has 2 aromatic carbocycles. The summed E-state index contributed by atoms with van der Waals surface area (Å²) in [4.78, 5) is 17.3. The molecule has 0 aromatic heterocycles. The van der Waals surface area contributed by atoms with Crippen molar-refractivity contribution in [1.82, 2.24) is 4.90 Å². The number of anilines is 1. The standard InChI is InChI=1S/C25H30N2O4.ClH/c1-29-21-9-7-20(8-10-21)27-15-12-22(25(27)28)19-6-11-23(30-2)24(18-19)31-17-16-26-13-4-3-5-14-26;/h6-12,18H,3-5,13-17H2,1-2H3;1H. The highest BCUT2D eigenvalue weighted by molar-refractivity contribution is 6.28. The molecule has 0 N–H and O–H groups in total. The second-order valence-electron chi connectivity index (χ2n) is 7.85. The molecule has 4 rings (SSSR count). The average molecular weight is 459 g/mol. The van der Waals surface area contributed by atoms with Gasteiger partial charge < -0.3 is 19.1 Å². The van der Waals surface area contributed by atoms with Crippen LogP contribution in [0.5, 0.6) is 17.2 Å². The van der Waals surface area contributed by atoms with Crippen LogP contribution in [-0.2, 0) is 4.79 Å². The van der Waals surface area contributed by atoms with Crippen LogP contribution < -0.4 is 19.1 Å². The first-order valence-electron chi connectivity index (χ1n) is 10.9. The summed E-state index contributed by atoms with van der Waals surface area (Å²) in [6.45, 7) is 4.33. The number of hydrogen-bond acceptors (Lipinski definition) is 5. The summed E-state index contributed by atoms with van der Waals surface area (Å²) in [6, 6.07) is 13.2. The Morgan fingerprint density at radius 2 is 1.66 bits per heavy atom. The van der Waals surface area contributed by atoms with Crippen molar-refractivity contribution >= 4 is 29.6 Å². The molecule has 7 heteroatoms. The lowest BCUT2D eigenvalue weighted by molar-refractivity contribution is -0.112. The van der Waals surface area contributed by atoms with Gasteiger partial charge in [-0.05, 0) is 67.9 Å². The summed E-state index contributed by atoms with van der Waals surface area (Å²) in [5.41, 5.74) is 2.37. The summed E-state index contributed by atoms with van der Waals surface area (Å²) < 4.78 is 16.8. The van der Waals surface area contributed by atoms with Gasteiger partial charge in [0.2, 0.25) is 0 Å². The minimum Gasteiger partial charge on any atom is -0.497 e. The minimum absolute atomic E-state index is 0. The zero-order chi connectivity index (χ0) is 21.6. The molecule has 172 valence electrons. The Morgan fingerprint density at radius 1 is 0.906 bits per heavy atom. The first-order valence-corrected chi connectivity index (χ1v) is 10.9. The van der Waals surface area contributed by atoms with E-state index in [9.17, 15) is 4.79 Å². The van der Waals surface area contributed by atoms with Crippen LogP contribution in [0.15, 0.2) is 48.5 Å². The number of benzene rings is 2. The Balaban J connectivity index is 0.00000289. The summed E-state index contributed by atoms with van der Waals surface area (Å²) in [6.07, 6.45) is 5.81. The Bertz CT molecular complexity index is 939. The quantitative estimate of drug-likeness (QED) is 0.586. The van der Waals surface area contributed by atoms with Crippen LogP contribution in [0.25, 0.3) is 5.57 Å². The summed E-state index contributed by atoms with van der Waals surface area (Å²) >= 11 is 0. The summed E-state index contributed by atoms with van der Waals surface area (Å²) in [7, 11) is 3.27. The van der Waals surface area contributed by atoms with Crippen LogP contribution in [0, 0.1) is 0 Å². The molecule has 6 nitrogen and oxygen atoms in total. The molecule has 0 atom stereocenters. The van der Waals surface area contributed by atoms with E-state index in [4.69, 9.17) is 14.2 Å². The van der Waals surface area contributed by atoms with Gasteiger partial charge in [-0.25, -0.2) is 0 Å². The third-order valence-electron chi connectivity index (χ3n) is 5.93. The second-order valence-corrected chi connectivity index (χ2v) is 7.85. The number of methoxy groups -OCH3 is 2. The molecular weight excluding hydrogens is 428 g/mol. The fraction of sp³-hybridized carbons (Fsp3) is 0.400. The fourth-order valence-electron chi connectivity index (χ4n) is 4.15. The van der Waals surface area contributed by atoms with Gasteiger partial charge in [0.1, 0.15) is 12.4 Å². The Labute approximate surface area is 196 Å². The molecule has 2 aliphatic rings. The lowest BCUT2D eigenvalue weighted by Gasteiger charge is -2.26. The second kappa shape index (κ2) is 11.2. The number of hydrogen-bond donors (Lipinski definition) is 0. The molecule has 2 aromatic rings. The lowest BCUT2D eigenvalue weighted by Crippen LogP contribution is -2.33. The molecule has 2 heterocycles. The highest BCUT2D eigenvalue weighted by Crippen LogP contribution is 2.34. The van der Waals surface area contributed by atoms with Crippen LogP contribution in [0.4, 0.5) is 5.69 Å². The molecule has 0 unspecified atom stereocenters. The van der Waals surface area contributed by atoms with Crippen LogP contribution >= 0.6 is 12.4 Å². The van der Waals surface area contributed by atoms with Crippen molar-refractivity contribution in [3.63, 3.8) is 0 Å². The van der Waals surface area contributed by atoms with E-state index in [2.05, 4.69) is 4.90 Å². The van der Waals surface area contributed by atoms with Gasteiger partial charge in [0.05, 0.1) is 14.2 Å². The first-order chi connectivity index (χ1) is 15.2. The highest BCUT2D eigenvalue weighted by Gasteiger charge is 2.27. The molecule has 0 radical (unpaired) electrons. The van der Waals surface area contributed by atoms with Crippen LogP contribution in [0.2, 0.25) is 0 Å². The molecule has 1 fully saturated rings. The maximum Gasteiger partial charge on any atom is 0.258 e. The van der Waals surface area contributed by atoms with Gasteiger partial charge in [-0.15, -0.1) is 12.4 Å². The normalized spacial score (nSPS) is 16.4. The van der Waals surface area contributed by atoms with Crippen LogP contribution in [-0.4, -0.2) is 57.8 Å².